The van der Waals surface area contributed by atoms with Crippen molar-refractivity contribution in [2.75, 3.05) is 25.9 Å². The smallest absolute Gasteiger partial charge is 0.243 e. The molecule has 1 N–H and O–H groups in total. The summed E-state index contributed by atoms with van der Waals surface area (Å²) in [7, 11) is -5.87. The van der Waals surface area contributed by atoms with Crippen LogP contribution in [0.15, 0.2) is 17.0 Å². The summed E-state index contributed by atoms with van der Waals surface area (Å²) in [4.78, 5) is 11.7. The van der Waals surface area contributed by atoms with Crippen molar-refractivity contribution in [1.82, 2.24) is 9.62 Å². The molecule has 2 rings (SSSR count). The minimum Gasteiger partial charge on any atom is -0.358 e. The van der Waals surface area contributed by atoms with E-state index in [2.05, 4.69) is 5.32 Å². The molecule has 0 aliphatic carbocycles. The fraction of sp³-hybridized carbons (Fsp3) is 0.588. The zero-order valence-electron chi connectivity index (χ0n) is 15.6. The Hall–Kier alpha value is -1.45. The second-order valence-corrected chi connectivity index (χ2v) is 11.0. The Bertz CT molecular complexity index is 876. The minimum atomic E-state index is -3.68. The van der Waals surface area contributed by atoms with Gasteiger partial charge in [-0.3, -0.25) is 4.79 Å². The lowest BCUT2D eigenvalue weighted by molar-refractivity contribution is -0.118. The Morgan fingerprint density at radius 2 is 1.58 bits per heavy atom. The molecule has 146 valence electrons. The molecule has 0 saturated carbocycles. The molecule has 0 aromatic heterocycles. The Morgan fingerprint density at radius 1 is 1.08 bits per heavy atom. The van der Waals surface area contributed by atoms with Gasteiger partial charge in [0, 0.05) is 20.1 Å². The van der Waals surface area contributed by atoms with E-state index < -0.39 is 36.8 Å². The van der Waals surface area contributed by atoms with E-state index in [0.29, 0.717) is 16.0 Å². The lowest BCUT2D eigenvalue weighted by Gasteiger charge is -2.31. The van der Waals surface area contributed by atoms with Gasteiger partial charge in [-0.25, -0.2) is 16.8 Å². The summed E-state index contributed by atoms with van der Waals surface area (Å²) >= 11 is 0. The maximum atomic E-state index is 13.0. The first-order valence-corrected chi connectivity index (χ1v) is 11.6. The molecule has 1 saturated heterocycles. The summed E-state index contributed by atoms with van der Waals surface area (Å²) in [5.41, 5.74) is 2.38. The molecule has 0 spiro atoms. The van der Waals surface area contributed by atoms with Crippen molar-refractivity contribution in [2.24, 2.45) is 0 Å². The second kappa shape index (κ2) is 7.66. The van der Waals surface area contributed by atoms with Crippen LogP contribution >= 0.6 is 0 Å². The van der Waals surface area contributed by atoms with Crippen LogP contribution in [0, 0.1) is 20.8 Å². The van der Waals surface area contributed by atoms with Crippen LogP contribution in [0.2, 0.25) is 0 Å². The van der Waals surface area contributed by atoms with Crippen LogP contribution in [0.3, 0.4) is 0 Å². The number of aryl methyl sites for hydroxylation is 3. The molecule has 1 aliphatic heterocycles. The summed E-state index contributed by atoms with van der Waals surface area (Å²) in [6, 6.07) is 3.67. The number of carbonyl (C=O) groups is 1. The van der Waals surface area contributed by atoms with E-state index in [4.69, 9.17) is 0 Å². The molecule has 9 heteroatoms. The highest BCUT2D eigenvalue weighted by Crippen LogP contribution is 2.28. The average Bonchev–Trinajstić information content (AvgIpc) is 2.53. The monoisotopic (exact) mass is 402 g/mol. The number of rotatable bonds is 5. The molecule has 1 amide bonds. The predicted octanol–water partition coefficient (Wildman–Crippen LogP) is 0.926. The summed E-state index contributed by atoms with van der Waals surface area (Å²) in [6.07, 6.45) is 0.394. The highest BCUT2D eigenvalue weighted by atomic mass is 32.2. The third kappa shape index (κ3) is 4.27. The largest absolute Gasteiger partial charge is 0.358 e. The van der Waals surface area contributed by atoms with Crippen LogP contribution in [0.4, 0.5) is 0 Å². The lowest BCUT2D eigenvalue weighted by atomic mass is 10.1. The molecule has 1 aromatic rings. The quantitative estimate of drug-likeness (QED) is 0.789. The van der Waals surface area contributed by atoms with Gasteiger partial charge in [-0.15, -0.1) is 0 Å². The first-order chi connectivity index (χ1) is 12.0. The molecule has 0 atom stereocenters. The second-order valence-electron chi connectivity index (χ2n) is 6.81. The maximum absolute atomic E-state index is 13.0. The third-order valence-electron chi connectivity index (χ3n) is 4.72. The summed E-state index contributed by atoms with van der Waals surface area (Å²) < 4.78 is 52.0. The van der Waals surface area contributed by atoms with Crippen molar-refractivity contribution < 1.29 is 21.6 Å². The molecular formula is C17H26N2O5S2. The van der Waals surface area contributed by atoms with Crippen molar-refractivity contribution in [3.8, 4) is 0 Å². The van der Waals surface area contributed by atoms with Crippen molar-refractivity contribution in [2.45, 2.75) is 43.8 Å². The van der Waals surface area contributed by atoms with Gasteiger partial charge in [-0.05, 0) is 44.7 Å². The number of piperidine rings is 1. The number of benzene rings is 1. The molecule has 7 nitrogen and oxygen atoms in total. The van der Waals surface area contributed by atoms with Crippen molar-refractivity contribution in [1.29, 1.82) is 0 Å². The highest BCUT2D eigenvalue weighted by Gasteiger charge is 2.36. The van der Waals surface area contributed by atoms with Crippen LogP contribution < -0.4 is 5.32 Å². The number of hydrogen-bond donors (Lipinski definition) is 1. The molecular weight excluding hydrogens is 376 g/mol. The molecule has 0 radical (unpaired) electrons. The SMILES string of the molecule is CNC(=O)CS(=O)(=O)C1CCN(S(=O)(=O)c2c(C)cc(C)cc2C)CC1. The summed E-state index contributed by atoms with van der Waals surface area (Å²) in [5.74, 6) is -1.11. The van der Waals surface area contributed by atoms with E-state index in [9.17, 15) is 21.6 Å². The first kappa shape index (κ1) is 20.9. The molecule has 1 aromatic carbocycles. The standard InChI is InChI=1S/C17H26N2O5S2/c1-12-9-13(2)17(14(3)10-12)26(23,24)19-7-5-15(6-8-19)25(21,22)11-16(20)18-4/h9-10,15H,5-8,11H2,1-4H3,(H,18,20). The van der Waals surface area contributed by atoms with Gasteiger partial charge in [-0.1, -0.05) is 17.7 Å². The van der Waals surface area contributed by atoms with E-state index in [1.54, 1.807) is 13.8 Å². The number of amides is 1. The van der Waals surface area contributed by atoms with Crippen molar-refractivity contribution in [3.05, 3.63) is 28.8 Å². The van der Waals surface area contributed by atoms with Gasteiger partial charge < -0.3 is 5.32 Å². The van der Waals surface area contributed by atoms with Gasteiger partial charge >= 0.3 is 0 Å². The van der Waals surface area contributed by atoms with Crippen LogP contribution in [0.5, 0.6) is 0 Å². The number of carbonyl (C=O) groups excluding carboxylic acids is 1. The van der Waals surface area contributed by atoms with Crippen molar-refractivity contribution in [3.63, 3.8) is 0 Å². The van der Waals surface area contributed by atoms with Crippen LogP contribution in [0.25, 0.3) is 0 Å². The van der Waals surface area contributed by atoms with E-state index in [1.165, 1.54) is 11.4 Å². The Labute approximate surface area is 155 Å². The summed E-state index contributed by atoms with van der Waals surface area (Å²) in [5, 5.41) is 1.62. The van der Waals surface area contributed by atoms with Crippen LogP contribution in [0.1, 0.15) is 29.5 Å². The van der Waals surface area contributed by atoms with E-state index in [0.717, 1.165) is 5.56 Å². The molecule has 0 bridgehead atoms. The highest BCUT2D eigenvalue weighted by molar-refractivity contribution is 7.92. The average molecular weight is 403 g/mol. The molecule has 0 unspecified atom stereocenters. The number of nitrogens with one attached hydrogen (secondary N) is 1. The van der Waals surface area contributed by atoms with Gasteiger partial charge in [0.15, 0.2) is 9.84 Å². The van der Waals surface area contributed by atoms with Gasteiger partial charge in [0.1, 0.15) is 5.75 Å². The minimum absolute atomic E-state index is 0.132. The maximum Gasteiger partial charge on any atom is 0.243 e. The lowest BCUT2D eigenvalue weighted by Crippen LogP contribution is -2.44. The molecule has 1 fully saturated rings. The normalized spacial score (nSPS) is 17.2. The van der Waals surface area contributed by atoms with E-state index in [1.807, 2.05) is 19.1 Å². The number of nitrogens with zero attached hydrogens (tertiary/aromatic N) is 1. The van der Waals surface area contributed by atoms with Gasteiger partial charge in [0.25, 0.3) is 0 Å². The summed E-state index contributed by atoms with van der Waals surface area (Å²) in [6.45, 7) is 5.72. The van der Waals surface area contributed by atoms with E-state index >= 15 is 0 Å². The Kier molecular flexibility index (Phi) is 6.14. The number of hydrogen-bond acceptors (Lipinski definition) is 5. The Morgan fingerprint density at radius 3 is 2.04 bits per heavy atom. The fourth-order valence-corrected chi connectivity index (χ4v) is 7.06. The molecule has 1 heterocycles. The number of sulfone groups is 1. The van der Waals surface area contributed by atoms with Gasteiger partial charge in [0.2, 0.25) is 15.9 Å². The van der Waals surface area contributed by atoms with Gasteiger partial charge in [-0.2, -0.15) is 4.31 Å². The zero-order valence-corrected chi connectivity index (χ0v) is 17.2. The first-order valence-electron chi connectivity index (χ1n) is 8.49. The zero-order chi connectivity index (χ0) is 19.7. The Balaban J connectivity index is 2.18. The van der Waals surface area contributed by atoms with Crippen LogP contribution in [-0.4, -0.2) is 58.2 Å². The fourth-order valence-electron chi connectivity index (χ4n) is 3.51. The molecule has 1 aliphatic rings. The van der Waals surface area contributed by atoms with Gasteiger partial charge in [0.05, 0.1) is 10.1 Å². The molecule has 26 heavy (non-hydrogen) atoms. The van der Waals surface area contributed by atoms with Crippen molar-refractivity contribution >= 4 is 25.8 Å². The van der Waals surface area contributed by atoms with Crippen LogP contribution in [-0.2, 0) is 24.7 Å². The van der Waals surface area contributed by atoms with E-state index in [-0.39, 0.29) is 25.9 Å². The number of sulfonamides is 1. The predicted molar refractivity (Wildman–Crippen MR) is 100 cm³/mol. The topological polar surface area (TPSA) is 101 Å². The third-order valence-corrected chi connectivity index (χ3v) is 9.08.